The van der Waals surface area contributed by atoms with Crippen LogP contribution in [0.15, 0.2) is 97.2 Å². The van der Waals surface area contributed by atoms with Crippen LogP contribution in [0.5, 0.6) is 0 Å². The number of rotatable bonds is 47. The minimum absolute atomic E-state index is 0.108. The Balaban J connectivity index is 4.51. The third-order valence-corrected chi connectivity index (χ3v) is 11.1. The van der Waals surface area contributed by atoms with Crippen molar-refractivity contribution in [1.82, 2.24) is 0 Å². The summed E-state index contributed by atoms with van der Waals surface area (Å²) in [5.41, 5.74) is 0. The van der Waals surface area contributed by atoms with Crippen molar-refractivity contribution in [1.29, 1.82) is 0 Å². The van der Waals surface area contributed by atoms with Crippen LogP contribution in [0.1, 0.15) is 239 Å². The van der Waals surface area contributed by atoms with E-state index in [0.29, 0.717) is 19.3 Å². The van der Waals surface area contributed by atoms with Gasteiger partial charge in [-0.3, -0.25) is 14.4 Å². The molecule has 0 unspecified atom stereocenters. The molecular weight excluding hydrogens is 805 g/mol. The second-order valence-corrected chi connectivity index (χ2v) is 17.4. The lowest BCUT2D eigenvalue weighted by atomic mass is 10.1. The number of ether oxygens (including phenoxy) is 3. The van der Waals surface area contributed by atoms with Gasteiger partial charge in [-0.15, -0.1) is 0 Å². The summed E-state index contributed by atoms with van der Waals surface area (Å²) in [6.45, 7) is 6.43. The van der Waals surface area contributed by atoms with Gasteiger partial charge in [-0.25, -0.2) is 0 Å². The van der Waals surface area contributed by atoms with Crippen LogP contribution in [-0.4, -0.2) is 37.2 Å². The largest absolute Gasteiger partial charge is 0.462 e. The molecule has 0 aliphatic carbocycles. The van der Waals surface area contributed by atoms with E-state index >= 15 is 0 Å². The smallest absolute Gasteiger partial charge is 0.306 e. The number of carbonyl (C=O) groups is 3. The maximum atomic E-state index is 12.8. The van der Waals surface area contributed by atoms with Crippen molar-refractivity contribution in [3.05, 3.63) is 97.2 Å². The SMILES string of the molecule is CC/C=C\C/C=C\C/C=C\C/C=C\C/C=C\CCCCCC(=O)OC[C@H](COC(=O)CCCCCCCCCCCCC)OC(=O)CCC/C=C\C/C=C\C/C=C\CCCCCCCC. The highest BCUT2D eigenvalue weighted by molar-refractivity contribution is 5.71. The Morgan fingerprint density at radius 1 is 0.323 bits per heavy atom. The van der Waals surface area contributed by atoms with Crippen molar-refractivity contribution in [2.24, 2.45) is 0 Å². The molecule has 0 radical (unpaired) electrons. The quantitative estimate of drug-likeness (QED) is 0.0262. The number of carbonyl (C=O) groups excluding carboxylic acids is 3. The summed E-state index contributed by atoms with van der Waals surface area (Å²) >= 11 is 0. The van der Waals surface area contributed by atoms with Crippen LogP contribution in [0.2, 0.25) is 0 Å². The molecule has 6 nitrogen and oxygen atoms in total. The Morgan fingerprint density at radius 2 is 0.615 bits per heavy atom. The highest BCUT2D eigenvalue weighted by Gasteiger charge is 2.19. The second-order valence-electron chi connectivity index (χ2n) is 17.4. The normalized spacial score (nSPS) is 12.8. The Bertz CT molecular complexity index is 1310. The molecule has 0 bridgehead atoms. The first-order valence-corrected chi connectivity index (χ1v) is 26.7. The van der Waals surface area contributed by atoms with Crippen LogP contribution in [0, 0.1) is 0 Å². The number of esters is 3. The maximum absolute atomic E-state index is 12.8. The molecule has 0 aromatic carbocycles. The van der Waals surface area contributed by atoms with E-state index in [1.165, 1.54) is 96.3 Å². The fourth-order valence-corrected chi connectivity index (χ4v) is 7.07. The van der Waals surface area contributed by atoms with Crippen molar-refractivity contribution in [3.63, 3.8) is 0 Å². The first-order valence-electron chi connectivity index (χ1n) is 26.7. The topological polar surface area (TPSA) is 78.9 Å². The van der Waals surface area contributed by atoms with Crippen LogP contribution in [0.25, 0.3) is 0 Å². The van der Waals surface area contributed by atoms with E-state index in [9.17, 15) is 14.4 Å². The lowest BCUT2D eigenvalue weighted by Gasteiger charge is -2.18. The van der Waals surface area contributed by atoms with Crippen LogP contribution in [-0.2, 0) is 28.6 Å². The van der Waals surface area contributed by atoms with Crippen molar-refractivity contribution in [2.75, 3.05) is 13.2 Å². The van der Waals surface area contributed by atoms with Gasteiger partial charge in [0, 0.05) is 19.3 Å². The molecule has 0 amide bonds. The van der Waals surface area contributed by atoms with Crippen molar-refractivity contribution in [3.8, 4) is 0 Å². The summed E-state index contributed by atoms with van der Waals surface area (Å²) in [5.74, 6) is -0.996. The van der Waals surface area contributed by atoms with Crippen molar-refractivity contribution >= 4 is 17.9 Å². The van der Waals surface area contributed by atoms with Gasteiger partial charge in [0.2, 0.25) is 0 Å². The van der Waals surface area contributed by atoms with E-state index in [0.717, 1.165) is 96.3 Å². The van der Waals surface area contributed by atoms with Crippen LogP contribution < -0.4 is 0 Å². The van der Waals surface area contributed by atoms with Gasteiger partial charge in [-0.05, 0) is 96.3 Å². The Morgan fingerprint density at radius 3 is 1.00 bits per heavy atom. The van der Waals surface area contributed by atoms with Crippen molar-refractivity contribution in [2.45, 2.75) is 245 Å². The molecule has 65 heavy (non-hydrogen) atoms. The molecule has 0 aromatic heterocycles. The summed E-state index contributed by atoms with van der Waals surface area (Å²) in [4.78, 5) is 38.0. The highest BCUT2D eigenvalue weighted by Crippen LogP contribution is 2.14. The second kappa shape index (κ2) is 52.9. The summed E-state index contributed by atoms with van der Waals surface area (Å²) in [7, 11) is 0. The van der Waals surface area contributed by atoms with E-state index in [-0.39, 0.29) is 37.5 Å². The van der Waals surface area contributed by atoms with Gasteiger partial charge in [0.05, 0.1) is 0 Å². The van der Waals surface area contributed by atoms with E-state index in [2.05, 4.69) is 118 Å². The highest BCUT2D eigenvalue weighted by atomic mass is 16.6. The first-order chi connectivity index (χ1) is 32.0. The molecule has 0 heterocycles. The Kier molecular flexibility index (Phi) is 50.0. The molecule has 0 aromatic rings. The minimum Gasteiger partial charge on any atom is -0.462 e. The Labute approximate surface area is 400 Å². The Hall–Kier alpha value is -3.67. The molecule has 0 aliphatic heterocycles. The third kappa shape index (κ3) is 51.2. The van der Waals surface area contributed by atoms with Gasteiger partial charge in [-0.1, -0.05) is 221 Å². The minimum atomic E-state index is -0.816. The van der Waals surface area contributed by atoms with Crippen LogP contribution in [0.3, 0.4) is 0 Å². The van der Waals surface area contributed by atoms with Gasteiger partial charge >= 0.3 is 17.9 Å². The van der Waals surface area contributed by atoms with Gasteiger partial charge < -0.3 is 14.2 Å². The summed E-state index contributed by atoms with van der Waals surface area (Å²) < 4.78 is 16.7. The molecule has 6 heteroatoms. The van der Waals surface area contributed by atoms with E-state index in [4.69, 9.17) is 14.2 Å². The fraction of sp³-hybridized carbons (Fsp3) is 0.678. The number of hydrogen-bond acceptors (Lipinski definition) is 6. The number of unbranched alkanes of at least 4 members (excludes halogenated alkanes) is 20. The summed E-state index contributed by atoms with van der Waals surface area (Å²) in [6, 6.07) is 0. The van der Waals surface area contributed by atoms with Crippen LogP contribution >= 0.6 is 0 Å². The zero-order valence-corrected chi connectivity index (χ0v) is 42.2. The third-order valence-electron chi connectivity index (χ3n) is 11.1. The monoisotopic (exact) mass is 903 g/mol. The molecule has 370 valence electrons. The van der Waals surface area contributed by atoms with E-state index in [1.54, 1.807) is 0 Å². The van der Waals surface area contributed by atoms with Gasteiger partial charge in [0.1, 0.15) is 13.2 Å². The van der Waals surface area contributed by atoms with Gasteiger partial charge in [-0.2, -0.15) is 0 Å². The zero-order chi connectivity index (χ0) is 47.2. The molecule has 0 spiro atoms. The predicted molar refractivity (Wildman–Crippen MR) is 279 cm³/mol. The number of allylic oxidation sites excluding steroid dienone is 16. The fourth-order valence-electron chi connectivity index (χ4n) is 7.07. The van der Waals surface area contributed by atoms with E-state index in [1.807, 2.05) is 0 Å². The number of hydrogen-bond donors (Lipinski definition) is 0. The van der Waals surface area contributed by atoms with E-state index < -0.39 is 6.10 Å². The van der Waals surface area contributed by atoms with Gasteiger partial charge in [0.25, 0.3) is 0 Å². The average Bonchev–Trinajstić information content (AvgIpc) is 3.30. The van der Waals surface area contributed by atoms with Crippen molar-refractivity contribution < 1.29 is 28.6 Å². The van der Waals surface area contributed by atoms with Gasteiger partial charge in [0.15, 0.2) is 6.10 Å². The molecule has 0 aliphatic rings. The average molecular weight is 903 g/mol. The molecule has 0 saturated carbocycles. The first kappa shape index (κ1) is 61.3. The molecule has 0 N–H and O–H groups in total. The summed E-state index contributed by atoms with van der Waals surface area (Å²) in [6.07, 6.45) is 69.7. The predicted octanol–water partition coefficient (Wildman–Crippen LogP) is 17.8. The zero-order valence-electron chi connectivity index (χ0n) is 42.2. The molecule has 0 fully saturated rings. The lowest BCUT2D eigenvalue weighted by Crippen LogP contribution is -2.30. The molecule has 1 atom stereocenters. The molecular formula is C59H98O6. The summed E-state index contributed by atoms with van der Waals surface area (Å²) in [5, 5.41) is 0. The van der Waals surface area contributed by atoms with Crippen LogP contribution in [0.4, 0.5) is 0 Å². The molecule has 0 rings (SSSR count). The standard InChI is InChI=1S/C59H98O6/c1-4-7-10-13-16-19-22-24-26-28-29-31-32-34-37-40-43-46-49-52-58(61)64-55-56(54-63-57(60)51-48-45-42-39-36-21-18-15-12-9-6-3)65-59(62)53-50-47-44-41-38-35-33-30-27-25-23-20-17-14-11-8-5-2/h7,10,16,19,24-27,29,31,33-35,37,41,44,56H,4-6,8-9,11-15,17-18,20-23,28,30,32,36,38-40,42-43,45-55H2,1-3H3/b10-7-,19-16-,26-24-,27-25-,31-29-,35-33-,37-34-,44-41-/t56-/m0/s1. The lowest BCUT2D eigenvalue weighted by molar-refractivity contribution is -0.167. The molecule has 0 saturated heterocycles. The maximum Gasteiger partial charge on any atom is 0.306 e.